The predicted molar refractivity (Wildman–Crippen MR) is 113 cm³/mol. The summed E-state index contributed by atoms with van der Waals surface area (Å²) in [5, 5.41) is 6.67. The fourth-order valence-corrected chi connectivity index (χ4v) is 4.27. The normalized spacial score (nSPS) is 18.6. The van der Waals surface area contributed by atoms with E-state index in [0.717, 1.165) is 46.8 Å². The number of fused-ring (bicyclic) bond motifs is 1. The molecule has 3 aromatic rings. The molecule has 1 aromatic heterocycles. The van der Waals surface area contributed by atoms with Gasteiger partial charge in [-0.2, -0.15) is 5.10 Å². The van der Waals surface area contributed by atoms with Crippen LogP contribution >= 0.6 is 11.3 Å². The highest BCUT2D eigenvalue weighted by atomic mass is 32.1. The zero-order valence-electron chi connectivity index (χ0n) is 16.2. The first kappa shape index (κ1) is 19.0. The Morgan fingerprint density at radius 1 is 1.13 bits per heavy atom. The van der Waals surface area contributed by atoms with Crippen LogP contribution in [-0.2, 0) is 4.74 Å². The second-order valence-corrected chi connectivity index (χ2v) is 7.89. The van der Waals surface area contributed by atoms with Crippen molar-refractivity contribution < 1.29 is 18.6 Å². The Bertz CT molecular complexity index is 1130. The molecule has 2 aliphatic rings. The number of nitrogens with zero attached hydrogens (tertiary/aromatic N) is 3. The molecule has 1 fully saturated rings. The van der Waals surface area contributed by atoms with E-state index in [0.29, 0.717) is 12.3 Å². The van der Waals surface area contributed by atoms with Gasteiger partial charge < -0.3 is 14.2 Å². The zero-order chi connectivity index (χ0) is 20.3. The minimum atomic E-state index is -0.271. The first-order chi connectivity index (χ1) is 14.8. The van der Waals surface area contributed by atoms with E-state index in [4.69, 9.17) is 19.2 Å². The van der Waals surface area contributed by atoms with Crippen LogP contribution in [0.3, 0.4) is 0 Å². The van der Waals surface area contributed by atoms with Crippen LogP contribution in [0.4, 0.5) is 4.39 Å². The molecule has 0 saturated carbocycles. The topological polar surface area (TPSA) is 57.3 Å². The molecule has 30 heavy (non-hydrogen) atoms. The fraction of sp³-hybridized carbons (Fsp3) is 0.273. The van der Waals surface area contributed by atoms with Crippen LogP contribution < -0.4 is 14.3 Å². The summed E-state index contributed by atoms with van der Waals surface area (Å²) in [6, 6.07) is 12.1. The maximum absolute atomic E-state index is 13.4. The summed E-state index contributed by atoms with van der Waals surface area (Å²) in [7, 11) is 0. The molecule has 0 N–H and O–H groups in total. The van der Waals surface area contributed by atoms with Crippen molar-refractivity contribution in [2.45, 2.75) is 18.9 Å². The lowest BCUT2D eigenvalue weighted by atomic mass is 10.2. The third-order valence-electron chi connectivity index (χ3n) is 5.00. The van der Waals surface area contributed by atoms with Crippen molar-refractivity contribution in [3.05, 3.63) is 64.0 Å². The van der Waals surface area contributed by atoms with Gasteiger partial charge in [0.15, 0.2) is 11.5 Å². The van der Waals surface area contributed by atoms with Gasteiger partial charge in [0.2, 0.25) is 11.6 Å². The largest absolute Gasteiger partial charge is 0.454 e. The predicted octanol–water partition coefficient (Wildman–Crippen LogP) is 4.05. The van der Waals surface area contributed by atoms with Crippen LogP contribution in [0.1, 0.15) is 18.4 Å². The molecule has 1 saturated heterocycles. The van der Waals surface area contributed by atoms with Crippen LogP contribution in [0.2, 0.25) is 0 Å². The molecule has 0 radical (unpaired) electrons. The smallest absolute Gasteiger partial charge is 0.231 e. The molecule has 0 aliphatic carbocycles. The molecule has 2 aliphatic heterocycles. The number of rotatable bonds is 5. The summed E-state index contributed by atoms with van der Waals surface area (Å²) < 4.78 is 31.7. The second-order valence-electron chi connectivity index (χ2n) is 7.06. The molecular weight excluding hydrogens is 405 g/mol. The van der Waals surface area contributed by atoms with Gasteiger partial charge in [-0.3, -0.25) is 4.99 Å². The maximum atomic E-state index is 13.4. The highest BCUT2D eigenvalue weighted by molar-refractivity contribution is 7.07. The average Bonchev–Trinajstić information content (AvgIpc) is 3.51. The molecular formula is C22H20FN3O3S. The van der Waals surface area contributed by atoms with Gasteiger partial charge >= 0.3 is 0 Å². The molecule has 1 atom stereocenters. The number of hydrogen-bond donors (Lipinski definition) is 0. The van der Waals surface area contributed by atoms with E-state index < -0.39 is 0 Å². The van der Waals surface area contributed by atoms with Gasteiger partial charge in [-0.15, -0.1) is 11.3 Å². The van der Waals surface area contributed by atoms with Crippen molar-refractivity contribution in [2.24, 2.45) is 10.1 Å². The van der Waals surface area contributed by atoms with Crippen LogP contribution in [0.15, 0.2) is 57.9 Å². The first-order valence-corrected chi connectivity index (χ1v) is 10.7. The summed E-state index contributed by atoms with van der Waals surface area (Å²) in [4.78, 5) is 5.51. The van der Waals surface area contributed by atoms with Gasteiger partial charge in [0.05, 0.1) is 24.6 Å². The van der Waals surface area contributed by atoms with Gasteiger partial charge in [-0.05, 0) is 60.9 Å². The molecule has 5 rings (SSSR count). The van der Waals surface area contributed by atoms with Gasteiger partial charge in [0.25, 0.3) is 0 Å². The Morgan fingerprint density at radius 2 is 2.00 bits per heavy atom. The standard InChI is InChI=1S/C22H20FN3O3S/c23-17-6-4-16(5-7-17)19-13-30-22(24-12-18-2-1-9-27-18)26(19)25-11-15-3-8-20-21(10-15)29-14-28-20/h3-8,10-11,13,18H,1-2,9,12,14H2. The van der Waals surface area contributed by atoms with E-state index in [-0.39, 0.29) is 18.7 Å². The fourth-order valence-electron chi connectivity index (χ4n) is 3.42. The molecule has 2 aromatic carbocycles. The van der Waals surface area contributed by atoms with Crippen molar-refractivity contribution in [3.63, 3.8) is 0 Å². The molecule has 154 valence electrons. The third kappa shape index (κ3) is 4.01. The van der Waals surface area contributed by atoms with E-state index >= 15 is 0 Å². The number of halogens is 1. The Morgan fingerprint density at radius 3 is 2.83 bits per heavy atom. The minimum absolute atomic E-state index is 0.160. The monoisotopic (exact) mass is 425 g/mol. The summed E-state index contributed by atoms with van der Waals surface area (Å²) in [6.07, 6.45) is 4.02. The van der Waals surface area contributed by atoms with E-state index in [9.17, 15) is 4.39 Å². The second kappa shape index (κ2) is 8.41. The lowest BCUT2D eigenvalue weighted by Crippen LogP contribution is -2.17. The van der Waals surface area contributed by atoms with Crippen molar-refractivity contribution in [1.29, 1.82) is 0 Å². The lowest BCUT2D eigenvalue weighted by Gasteiger charge is -2.06. The lowest BCUT2D eigenvalue weighted by molar-refractivity contribution is 0.117. The summed E-state index contributed by atoms with van der Waals surface area (Å²) >= 11 is 1.50. The van der Waals surface area contributed by atoms with Crippen molar-refractivity contribution in [1.82, 2.24) is 4.68 Å². The Labute approximate surface area is 176 Å². The van der Waals surface area contributed by atoms with Crippen molar-refractivity contribution in [3.8, 4) is 22.8 Å². The summed E-state index contributed by atoms with van der Waals surface area (Å²) in [5.74, 6) is 1.17. The highest BCUT2D eigenvalue weighted by Crippen LogP contribution is 2.32. The number of ether oxygens (including phenoxy) is 3. The number of benzene rings is 2. The van der Waals surface area contributed by atoms with Crippen LogP contribution in [-0.4, -0.2) is 36.9 Å². The SMILES string of the molecule is Fc1ccc(-c2csc(=NCC3CCCO3)n2N=Cc2ccc3c(c2)OCO3)cc1. The van der Waals surface area contributed by atoms with Crippen LogP contribution in [0.5, 0.6) is 11.5 Å². The summed E-state index contributed by atoms with van der Waals surface area (Å²) in [6.45, 7) is 1.63. The zero-order valence-corrected chi connectivity index (χ0v) is 17.0. The Balaban J connectivity index is 1.50. The molecule has 0 bridgehead atoms. The van der Waals surface area contributed by atoms with Crippen LogP contribution in [0.25, 0.3) is 11.3 Å². The molecule has 8 heteroatoms. The van der Waals surface area contributed by atoms with Gasteiger partial charge in [0.1, 0.15) is 5.82 Å². The van der Waals surface area contributed by atoms with Crippen LogP contribution in [0, 0.1) is 5.82 Å². The molecule has 6 nitrogen and oxygen atoms in total. The van der Waals surface area contributed by atoms with Gasteiger partial charge in [0, 0.05) is 17.6 Å². The third-order valence-corrected chi connectivity index (χ3v) is 5.85. The van der Waals surface area contributed by atoms with E-state index in [2.05, 4.69) is 5.10 Å². The molecule has 0 spiro atoms. The maximum Gasteiger partial charge on any atom is 0.231 e. The quantitative estimate of drug-likeness (QED) is 0.580. The molecule has 0 amide bonds. The first-order valence-electron chi connectivity index (χ1n) is 9.79. The summed E-state index contributed by atoms with van der Waals surface area (Å²) in [5.41, 5.74) is 2.60. The number of hydrogen-bond acceptors (Lipinski definition) is 6. The number of aromatic nitrogens is 1. The Kier molecular flexibility index (Phi) is 5.33. The highest BCUT2D eigenvalue weighted by Gasteiger charge is 2.16. The minimum Gasteiger partial charge on any atom is -0.454 e. The number of thiazole rings is 1. The Hall–Kier alpha value is -2.97. The van der Waals surface area contributed by atoms with Crippen molar-refractivity contribution in [2.75, 3.05) is 19.9 Å². The van der Waals surface area contributed by atoms with Gasteiger partial charge in [-0.25, -0.2) is 9.07 Å². The van der Waals surface area contributed by atoms with E-state index in [1.165, 1.54) is 23.5 Å². The van der Waals surface area contributed by atoms with Gasteiger partial charge in [-0.1, -0.05) is 0 Å². The average molecular weight is 425 g/mol. The van der Waals surface area contributed by atoms with E-state index in [1.54, 1.807) is 23.0 Å². The molecule has 3 heterocycles. The van der Waals surface area contributed by atoms with E-state index in [1.807, 2.05) is 23.6 Å². The van der Waals surface area contributed by atoms with Crippen molar-refractivity contribution >= 4 is 17.6 Å². The molecule has 1 unspecified atom stereocenters.